The molecule has 0 aliphatic rings. The first-order chi connectivity index (χ1) is 9.77. The maximum atomic E-state index is 12.1. The summed E-state index contributed by atoms with van der Waals surface area (Å²) in [6.45, 7) is 1.84. The van der Waals surface area contributed by atoms with Crippen LogP contribution >= 0.6 is 11.6 Å². The van der Waals surface area contributed by atoms with Crippen molar-refractivity contribution in [2.24, 2.45) is 5.14 Å². The molecular formula is C14H13ClN2O3S. The first kappa shape index (κ1) is 15.5. The number of anilines is 1. The predicted molar refractivity (Wildman–Crippen MR) is 82.0 cm³/mol. The van der Waals surface area contributed by atoms with Crippen LogP contribution in [-0.2, 0) is 10.0 Å². The number of amides is 1. The van der Waals surface area contributed by atoms with Gasteiger partial charge in [0.1, 0.15) is 0 Å². The van der Waals surface area contributed by atoms with Gasteiger partial charge < -0.3 is 5.32 Å². The van der Waals surface area contributed by atoms with Crippen LogP contribution in [0.5, 0.6) is 0 Å². The zero-order valence-electron chi connectivity index (χ0n) is 11.1. The molecule has 0 heterocycles. The van der Waals surface area contributed by atoms with Gasteiger partial charge in [-0.15, -0.1) is 0 Å². The van der Waals surface area contributed by atoms with Gasteiger partial charge in [-0.2, -0.15) is 0 Å². The number of nitrogens with two attached hydrogens (primary N) is 1. The highest BCUT2D eigenvalue weighted by Crippen LogP contribution is 2.21. The number of carbonyl (C=O) groups is 1. The van der Waals surface area contributed by atoms with Gasteiger partial charge in [0, 0.05) is 16.3 Å². The van der Waals surface area contributed by atoms with Crippen LogP contribution in [0.15, 0.2) is 47.4 Å². The zero-order valence-corrected chi connectivity index (χ0v) is 12.7. The van der Waals surface area contributed by atoms with Crippen LogP contribution in [0.1, 0.15) is 15.9 Å². The third kappa shape index (κ3) is 3.81. The van der Waals surface area contributed by atoms with E-state index in [0.29, 0.717) is 16.3 Å². The molecule has 1 amide bonds. The van der Waals surface area contributed by atoms with Gasteiger partial charge in [-0.05, 0) is 48.9 Å². The summed E-state index contributed by atoms with van der Waals surface area (Å²) in [5.74, 6) is -0.360. The smallest absolute Gasteiger partial charge is 0.255 e. The largest absolute Gasteiger partial charge is 0.322 e. The van der Waals surface area contributed by atoms with Gasteiger partial charge in [-0.3, -0.25) is 4.79 Å². The van der Waals surface area contributed by atoms with Crippen LogP contribution in [0, 0.1) is 6.92 Å². The number of sulfonamides is 1. The van der Waals surface area contributed by atoms with Gasteiger partial charge in [0.25, 0.3) is 5.91 Å². The average Bonchev–Trinajstić information content (AvgIpc) is 2.42. The number of rotatable bonds is 3. The van der Waals surface area contributed by atoms with Gasteiger partial charge in [-0.1, -0.05) is 17.7 Å². The van der Waals surface area contributed by atoms with E-state index in [1.807, 2.05) is 6.92 Å². The lowest BCUT2D eigenvalue weighted by Gasteiger charge is -2.09. The summed E-state index contributed by atoms with van der Waals surface area (Å²) in [6, 6.07) is 10.5. The number of hydrogen-bond acceptors (Lipinski definition) is 3. The Morgan fingerprint density at radius 2 is 1.76 bits per heavy atom. The molecule has 0 spiro atoms. The molecule has 0 aliphatic heterocycles. The Kier molecular flexibility index (Phi) is 4.32. The molecule has 0 unspecified atom stereocenters. The number of primary sulfonamides is 1. The molecule has 7 heteroatoms. The summed E-state index contributed by atoms with van der Waals surface area (Å²) in [7, 11) is -3.77. The van der Waals surface area contributed by atoms with Crippen LogP contribution in [0.25, 0.3) is 0 Å². The van der Waals surface area contributed by atoms with Gasteiger partial charge in [0.05, 0.1) is 4.90 Å². The molecule has 0 fully saturated rings. The Hall–Kier alpha value is -1.89. The van der Waals surface area contributed by atoms with Gasteiger partial charge in [-0.25, -0.2) is 13.6 Å². The first-order valence-corrected chi connectivity index (χ1v) is 7.90. The molecule has 0 saturated carbocycles. The normalized spacial score (nSPS) is 11.2. The number of nitrogens with one attached hydrogen (secondary N) is 1. The highest BCUT2D eigenvalue weighted by molar-refractivity contribution is 7.89. The molecule has 0 aromatic heterocycles. The van der Waals surface area contributed by atoms with Crippen molar-refractivity contribution in [2.75, 3.05) is 5.32 Å². The number of hydrogen-bond donors (Lipinski definition) is 2. The van der Waals surface area contributed by atoms with E-state index in [1.54, 1.807) is 18.2 Å². The lowest BCUT2D eigenvalue weighted by molar-refractivity contribution is 0.102. The third-order valence-corrected chi connectivity index (χ3v) is 4.06. The van der Waals surface area contributed by atoms with Gasteiger partial charge in [0.2, 0.25) is 10.0 Å². The molecule has 3 N–H and O–H groups in total. The Balaban J connectivity index is 2.23. The molecule has 110 valence electrons. The molecule has 21 heavy (non-hydrogen) atoms. The lowest BCUT2D eigenvalue weighted by Crippen LogP contribution is -2.15. The van der Waals surface area contributed by atoms with Crippen LogP contribution in [0.3, 0.4) is 0 Å². The Bertz CT molecular complexity index is 786. The monoisotopic (exact) mass is 324 g/mol. The number of carbonyl (C=O) groups excluding carboxylic acids is 1. The summed E-state index contributed by atoms with van der Waals surface area (Å²) in [4.78, 5) is 12.1. The van der Waals surface area contributed by atoms with Crippen molar-refractivity contribution in [3.8, 4) is 0 Å². The maximum absolute atomic E-state index is 12.1. The Morgan fingerprint density at radius 1 is 1.14 bits per heavy atom. The minimum absolute atomic E-state index is 0.0435. The highest BCUT2D eigenvalue weighted by atomic mass is 35.5. The second-order valence-corrected chi connectivity index (χ2v) is 6.48. The van der Waals surface area contributed by atoms with Crippen molar-refractivity contribution in [3.05, 3.63) is 58.6 Å². The third-order valence-electron chi connectivity index (χ3n) is 2.89. The number of benzene rings is 2. The average molecular weight is 325 g/mol. The second kappa shape index (κ2) is 5.85. The van der Waals surface area contributed by atoms with Crippen molar-refractivity contribution in [1.29, 1.82) is 0 Å². The molecule has 2 aromatic carbocycles. The van der Waals surface area contributed by atoms with Gasteiger partial charge >= 0.3 is 0 Å². The number of halogens is 1. The standard InChI is InChI=1S/C14H13ClN2O3S/c1-9-2-5-11(15)8-13(9)17-14(18)10-3-6-12(7-4-10)21(16,19)20/h2-8H,1H3,(H,17,18)(H2,16,19,20). The molecule has 2 aromatic rings. The molecule has 0 aliphatic carbocycles. The second-order valence-electron chi connectivity index (χ2n) is 4.48. The van der Waals surface area contributed by atoms with E-state index in [9.17, 15) is 13.2 Å². The van der Waals surface area contributed by atoms with Gasteiger partial charge in [0.15, 0.2) is 0 Å². The summed E-state index contributed by atoms with van der Waals surface area (Å²) >= 11 is 5.89. The summed E-state index contributed by atoms with van der Waals surface area (Å²) in [5, 5.41) is 8.24. The SMILES string of the molecule is Cc1ccc(Cl)cc1NC(=O)c1ccc(S(N)(=O)=O)cc1. The molecule has 0 bridgehead atoms. The van der Waals surface area contributed by atoms with Crippen LogP contribution in [-0.4, -0.2) is 14.3 Å². The summed E-state index contributed by atoms with van der Waals surface area (Å²) in [6.07, 6.45) is 0. The van der Waals surface area contributed by atoms with Crippen molar-refractivity contribution in [1.82, 2.24) is 0 Å². The lowest BCUT2D eigenvalue weighted by atomic mass is 10.1. The molecular weight excluding hydrogens is 312 g/mol. The van der Waals surface area contributed by atoms with E-state index in [2.05, 4.69) is 5.32 Å². The van der Waals surface area contributed by atoms with Crippen molar-refractivity contribution >= 4 is 33.2 Å². The fourth-order valence-electron chi connectivity index (χ4n) is 1.72. The zero-order chi connectivity index (χ0) is 15.6. The topological polar surface area (TPSA) is 89.3 Å². The molecule has 0 atom stereocenters. The van der Waals surface area contributed by atoms with E-state index >= 15 is 0 Å². The summed E-state index contributed by atoms with van der Waals surface area (Å²) in [5.41, 5.74) is 1.79. The van der Waals surface area contributed by atoms with E-state index in [1.165, 1.54) is 24.3 Å². The van der Waals surface area contributed by atoms with Crippen LogP contribution in [0.2, 0.25) is 5.02 Å². The quantitative estimate of drug-likeness (QED) is 0.909. The maximum Gasteiger partial charge on any atom is 0.255 e. The minimum atomic E-state index is -3.77. The molecule has 2 rings (SSSR count). The van der Waals surface area contributed by atoms with Crippen molar-refractivity contribution < 1.29 is 13.2 Å². The predicted octanol–water partition coefficient (Wildman–Crippen LogP) is 2.55. The Labute approximate surface area is 127 Å². The van der Waals surface area contributed by atoms with Crippen LogP contribution in [0.4, 0.5) is 5.69 Å². The van der Waals surface area contributed by atoms with Crippen molar-refractivity contribution in [3.63, 3.8) is 0 Å². The number of aryl methyl sites for hydroxylation is 1. The molecule has 0 radical (unpaired) electrons. The Morgan fingerprint density at radius 3 is 2.33 bits per heavy atom. The van der Waals surface area contributed by atoms with E-state index in [4.69, 9.17) is 16.7 Å². The highest BCUT2D eigenvalue weighted by Gasteiger charge is 2.11. The first-order valence-electron chi connectivity index (χ1n) is 5.98. The van der Waals surface area contributed by atoms with Crippen molar-refractivity contribution in [2.45, 2.75) is 11.8 Å². The van der Waals surface area contributed by atoms with Crippen LogP contribution < -0.4 is 10.5 Å². The van der Waals surface area contributed by atoms with E-state index in [-0.39, 0.29) is 10.8 Å². The molecule has 0 saturated heterocycles. The summed E-state index contributed by atoms with van der Waals surface area (Å²) < 4.78 is 22.3. The fourth-order valence-corrected chi connectivity index (χ4v) is 2.41. The van der Waals surface area contributed by atoms with E-state index < -0.39 is 10.0 Å². The van der Waals surface area contributed by atoms with E-state index in [0.717, 1.165) is 5.56 Å². The fraction of sp³-hybridized carbons (Fsp3) is 0.0714. The molecule has 5 nitrogen and oxygen atoms in total. The minimum Gasteiger partial charge on any atom is -0.322 e.